The molecule has 2 aliphatic rings. The molecular weight excluding hydrogens is 258 g/mol. The summed E-state index contributed by atoms with van der Waals surface area (Å²) in [6.45, 7) is 1.44. The number of halogens is 2. The number of benzene rings is 2. The molecule has 2 heterocycles. The maximum Gasteiger partial charge on any atom is 0.151 e. The van der Waals surface area contributed by atoms with E-state index in [2.05, 4.69) is 22.3 Å². The molecule has 0 aromatic heterocycles. The molecule has 2 aliphatic heterocycles. The molecule has 1 unspecified atom stereocenters. The predicted molar refractivity (Wildman–Crippen MR) is 75.1 cm³/mol. The first-order valence-corrected chi connectivity index (χ1v) is 6.81. The van der Waals surface area contributed by atoms with Gasteiger partial charge in [-0.05, 0) is 23.6 Å². The Morgan fingerprint density at radius 2 is 2.00 bits per heavy atom. The van der Waals surface area contributed by atoms with Crippen LogP contribution in [0, 0.1) is 11.6 Å². The quantitative estimate of drug-likeness (QED) is 0.789. The van der Waals surface area contributed by atoms with E-state index in [1.807, 2.05) is 12.1 Å². The van der Waals surface area contributed by atoms with E-state index < -0.39 is 11.6 Å². The van der Waals surface area contributed by atoms with Crippen molar-refractivity contribution >= 4 is 11.4 Å². The highest BCUT2D eigenvalue weighted by Crippen LogP contribution is 2.42. The van der Waals surface area contributed by atoms with E-state index in [0.29, 0.717) is 17.9 Å². The highest BCUT2D eigenvalue weighted by molar-refractivity contribution is 5.74. The summed E-state index contributed by atoms with van der Waals surface area (Å²) in [6, 6.07) is 10.8. The standard InChI is InChI=1S/C16H14F2N2/c17-11-7-13(18)16-14(8-11)20-6-5-10-3-1-2-4-12(10)15(20)9-19-16/h1-4,7-8,15,19H,5-6,9H2. The Morgan fingerprint density at radius 3 is 2.90 bits per heavy atom. The molecule has 102 valence electrons. The van der Waals surface area contributed by atoms with Gasteiger partial charge in [-0.25, -0.2) is 8.78 Å². The fraction of sp³-hybridized carbons (Fsp3) is 0.250. The van der Waals surface area contributed by atoms with Gasteiger partial charge in [-0.15, -0.1) is 0 Å². The monoisotopic (exact) mass is 272 g/mol. The maximum absolute atomic E-state index is 13.9. The van der Waals surface area contributed by atoms with Crippen molar-refractivity contribution in [1.29, 1.82) is 0 Å². The Bertz CT molecular complexity index is 684. The van der Waals surface area contributed by atoms with Crippen molar-refractivity contribution in [2.24, 2.45) is 0 Å². The first-order chi connectivity index (χ1) is 9.74. The van der Waals surface area contributed by atoms with Crippen molar-refractivity contribution in [2.45, 2.75) is 12.5 Å². The molecule has 2 nitrogen and oxygen atoms in total. The molecular formula is C16H14F2N2. The van der Waals surface area contributed by atoms with Crippen molar-refractivity contribution in [3.05, 3.63) is 59.2 Å². The van der Waals surface area contributed by atoms with Gasteiger partial charge in [0, 0.05) is 19.2 Å². The highest BCUT2D eigenvalue weighted by atomic mass is 19.1. The van der Waals surface area contributed by atoms with Gasteiger partial charge in [-0.1, -0.05) is 24.3 Å². The van der Waals surface area contributed by atoms with E-state index in [-0.39, 0.29) is 6.04 Å². The molecule has 4 rings (SSSR count). The van der Waals surface area contributed by atoms with Gasteiger partial charge in [-0.3, -0.25) is 0 Å². The minimum Gasteiger partial charge on any atom is -0.379 e. The molecule has 0 spiro atoms. The van der Waals surface area contributed by atoms with Crippen molar-refractivity contribution in [3.8, 4) is 0 Å². The SMILES string of the molecule is Fc1cc(F)c2c(c1)N1CCc3ccccc3C1CN2. The molecule has 0 saturated carbocycles. The zero-order valence-electron chi connectivity index (χ0n) is 10.9. The van der Waals surface area contributed by atoms with Crippen molar-refractivity contribution in [1.82, 2.24) is 0 Å². The highest BCUT2D eigenvalue weighted by Gasteiger charge is 2.33. The van der Waals surface area contributed by atoms with Gasteiger partial charge in [0.2, 0.25) is 0 Å². The first kappa shape index (κ1) is 11.7. The van der Waals surface area contributed by atoms with E-state index in [1.165, 1.54) is 17.2 Å². The smallest absolute Gasteiger partial charge is 0.151 e. The van der Waals surface area contributed by atoms with Gasteiger partial charge < -0.3 is 10.2 Å². The number of hydrogen-bond acceptors (Lipinski definition) is 2. The van der Waals surface area contributed by atoms with Crippen LogP contribution in [0.5, 0.6) is 0 Å². The summed E-state index contributed by atoms with van der Waals surface area (Å²) in [6.07, 6.45) is 0.907. The van der Waals surface area contributed by atoms with Gasteiger partial charge in [-0.2, -0.15) is 0 Å². The van der Waals surface area contributed by atoms with Gasteiger partial charge in [0.1, 0.15) is 5.82 Å². The predicted octanol–water partition coefficient (Wildman–Crippen LogP) is 3.49. The summed E-state index contributed by atoms with van der Waals surface area (Å²) in [5, 5.41) is 3.11. The normalized spacial score (nSPS) is 19.7. The summed E-state index contributed by atoms with van der Waals surface area (Å²) in [5.74, 6) is -1.04. The van der Waals surface area contributed by atoms with Crippen molar-refractivity contribution in [2.75, 3.05) is 23.3 Å². The summed E-state index contributed by atoms with van der Waals surface area (Å²) < 4.78 is 27.4. The summed E-state index contributed by atoms with van der Waals surface area (Å²) >= 11 is 0. The summed E-state index contributed by atoms with van der Waals surface area (Å²) in [7, 11) is 0. The van der Waals surface area contributed by atoms with Crippen molar-refractivity contribution < 1.29 is 8.78 Å². The molecule has 0 radical (unpaired) electrons. The molecule has 0 saturated heterocycles. The van der Waals surface area contributed by atoms with Crippen LogP contribution in [-0.2, 0) is 6.42 Å². The lowest BCUT2D eigenvalue weighted by molar-refractivity contribution is 0.555. The zero-order chi connectivity index (χ0) is 13.7. The molecule has 0 bridgehead atoms. The second kappa shape index (κ2) is 4.20. The zero-order valence-corrected chi connectivity index (χ0v) is 10.9. The van der Waals surface area contributed by atoms with E-state index in [4.69, 9.17) is 0 Å². The summed E-state index contributed by atoms with van der Waals surface area (Å²) in [4.78, 5) is 2.11. The van der Waals surface area contributed by atoms with Crippen LogP contribution in [-0.4, -0.2) is 13.1 Å². The third kappa shape index (κ3) is 1.60. The van der Waals surface area contributed by atoms with Crippen LogP contribution < -0.4 is 10.2 Å². The van der Waals surface area contributed by atoms with E-state index in [0.717, 1.165) is 19.0 Å². The van der Waals surface area contributed by atoms with Crippen LogP contribution in [0.15, 0.2) is 36.4 Å². The minimum atomic E-state index is -0.525. The van der Waals surface area contributed by atoms with Gasteiger partial charge in [0.15, 0.2) is 5.82 Å². The second-order valence-corrected chi connectivity index (χ2v) is 5.32. The average Bonchev–Trinajstić information content (AvgIpc) is 2.46. The van der Waals surface area contributed by atoms with E-state index >= 15 is 0 Å². The topological polar surface area (TPSA) is 15.3 Å². The van der Waals surface area contributed by atoms with E-state index in [9.17, 15) is 8.78 Å². The molecule has 4 heteroatoms. The maximum atomic E-state index is 13.9. The van der Waals surface area contributed by atoms with Crippen LogP contribution in [0.4, 0.5) is 20.2 Å². The lowest BCUT2D eigenvalue weighted by Crippen LogP contribution is -2.42. The average molecular weight is 272 g/mol. The molecule has 2 aromatic carbocycles. The minimum absolute atomic E-state index is 0.147. The number of nitrogens with one attached hydrogen (secondary N) is 1. The first-order valence-electron chi connectivity index (χ1n) is 6.81. The van der Waals surface area contributed by atoms with E-state index in [1.54, 1.807) is 0 Å². The van der Waals surface area contributed by atoms with Crippen LogP contribution in [0.2, 0.25) is 0 Å². The Kier molecular flexibility index (Phi) is 2.46. The lowest BCUT2D eigenvalue weighted by atomic mass is 9.90. The van der Waals surface area contributed by atoms with Crippen LogP contribution in [0.3, 0.4) is 0 Å². The molecule has 0 aliphatic carbocycles. The number of hydrogen-bond donors (Lipinski definition) is 1. The van der Waals surface area contributed by atoms with Gasteiger partial charge in [0.25, 0.3) is 0 Å². The Balaban J connectivity index is 1.84. The number of fused-ring (bicyclic) bond motifs is 5. The molecule has 1 atom stereocenters. The Hall–Kier alpha value is -2.10. The van der Waals surface area contributed by atoms with Gasteiger partial charge in [0.05, 0.1) is 17.4 Å². The van der Waals surface area contributed by atoms with Gasteiger partial charge >= 0.3 is 0 Å². The van der Waals surface area contributed by atoms with Crippen LogP contribution in [0.1, 0.15) is 17.2 Å². The fourth-order valence-electron chi connectivity index (χ4n) is 3.32. The third-order valence-electron chi connectivity index (χ3n) is 4.23. The molecule has 1 N–H and O–H groups in total. The fourth-order valence-corrected chi connectivity index (χ4v) is 3.32. The number of anilines is 2. The lowest BCUT2D eigenvalue weighted by Gasteiger charge is -2.43. The van der Waals surface area contributed by atoms with Crippen LogP contribution >= 0.6 is 0 Å². The third-order valence-corrected chi connectivity index (χ3v) is 4.23. The van der Waals surface area contributed by atoms with Crippen molar-refractivity contribution in [3.63, 3.8) is 0 Å². The second-order valence-electron chi connectivity index (χ2n) is 5.32. The molecule has 0 amide bonds. The Labute approximate surface area is 116 Å². The number of rotatable bonds is 0. The molecule has 2 aromatic rings. The van der Waals surface area contributed by atoms with Crippen LogP contribution in [0.25, 0.3) is 0 Å². The molecule has 20 heavy (non-hydrogen) atoms. The molecule has 0 fully saturated rings. The Morgan fingerprint density at radius 1 is 1.15 bits per heavy atom. The largest absolute Gasteiger partial charge is 0.379 e. The number of nitrogens with zero attached hydrogens (tertiary/aromatic N) is 1. The summed E-state index contributed by atoms with van der Waals surface area (Å²) in [5.41, 5.74) is 3.63.